The predicted octanol–water partition coefficient (Wildman–Crippen LogP) is 13.7. The summed E-state index contributed by atoms with van der Waals surface area (Å²) in [6, 6.07) is 60.3. The second-order valence-corrected chi connectivity index (χ2v) is 13.4. The molecule has 0 saturated heterocycles. The number of hydrogen-bond donors (Lipinski definition) is 1. The first kappa shape index (κ1) is 33.4. The van der Waals surface area contributed by atoms with E-state index in [-0.39, 0.29) is 0 Å². The Balaban J connectivity index is 0.00000129. The number of allylic oxidation sites excluding steroid dienone is 2. The SMILES string of the molecule is C=CC.Nc1c(/C=C\Cc2ccc3ccccc3c2)c(-c2ccccc2)cc2c1cc(-c1ccccc1)c1ccc(-c3ccc4ccccc4c3)nc12. The molecule has 254 valence electrons. The van der Waals surface area contributed by atoms with Crippen LogP contribution in [0.5, 0.6) is 0 Å². The molecule has 53 heavy (non-hydrogen) atoms. The summed E-state index contributed by atoms with van der Waals surface area (Å²) < 4.78 is 0. The molecule has 2 N–H and O–H groups in total. The molecule has 9 aromatic rings. The van der Waals surface area contributed by atoms with E-state index in [0.29, 0.717) is 0 Å². The van der Waals surface area contributed by atoms with Crippen molar-refractivity contribution in [3.63, 3.8) is 0 Å². The van der Waals surface area contributed by atoms with E-state index in [0.717, 1.165) is 72.9 Å². The molecule has 0 unspecified atom stereocenters. The minimum absolute atomic E-state index is 0.758. The molecule has 0 fully saturated rings. The summed E-state index contributed by atoms with van der Waals surface area (Å²) in [5, 5.41) is 8.08. The van der Waals surface area contributed by atoms with Gasteiger partial charge >= 0.3 is 0 Å². The molecule has 0 amide bonds. The van der Waals surface area contributed by atoms with Crippen molar-refractivity contribution in [2.45, 2.75) is 13.3 Å². The lowest BCUT2D eigenvalue weighted by Gasteiger charge is -2.18. The Morgan fingerprint density at radius 2 is 1.09 bits per heavy atom. The maximum absolute atomic E-state index is 7.28. The summed E-state index contributed by atoms with van der Waals surface area (Å²) >= 11 is 0. The second-order valence-electron chi connectivity index (χ2n) is 13.4. The van der Waals surface area contributed by atoms with Crippen LogP contribution in [0.1, 0.15) is 18.1 Å². The van der Waals surface area contributed by atoms with Gasteiger partial charge in [0.25, 0.3) is 0 Å². The van der Waals surface area contributed by atoms with Crippen LogP contribution in [0, 0.1) is 0 Å². The minimum Gasteiger partial charge on any atom is -0.398 e. The lowest BCUT2D eigenvalue weighted by Crippen LogP contribution is -1.98. The van der Waals surface area contributed by atoms with E-state index in [1.807, 2.05) is 6.92 Å². The van der Waals surface area contributed by atoms with Crippen molar-refractivity contribution in [3.8, 4) is 33.5 Å². The first-order valence-corrected chi connectivity index (χ1v) is 18.1. The molecule has 1 aromatic heterocycles. The van der Waals surface area contributed by atoms with E-state index in [9.17, 15) is 0 Å². The van der Waals surface area contributed by atoms with Crippen molar-refractivity contribution in [1.29, 1.82) is 0 Å². The molecular weight excluding hydrogens is 641 g/mol. The van der Waals surface area contributed by atoms with E-state index >= 15 is 0 Å². The van der Waals surface area contributed by atoms with E-state index < -0.39 is 0 Å². The third-order valence-electron chi connectivity index (χ3n) is 9.85. The van der Waals surface area contributed by atoms with Crippen LogP contribution in [0.15, 0.2) is 189 Å². The highest BCUT2D eigenvalue weighted by atomic mass is 14.7. The first-order valence-electron chi connectivity index (χ1n) is 18.1. The van der Waals surface area contributed by atoms with Crippen molar-refractivity contribution in [1.82, 2.24) is 4.98 Å². The Hall–Kier alpha value is -6.77. The number of nitrogens with two attached hydrogens (primary N) is 1. The van der Waals surface area contributed by atoms with Crippen LogP contribution >= 0.6 is 0 Å². The van der Waals surface area contributed by atoms with E-state index in [1.165, 1.54) is 27.1 Å². The summed E-state index contributed by atoms with van der Waals surface area (Å²) in [5.74, 6) is 0. The normalized spacial score (nSPS) is 11.3. The molecule has 0 spiro atoms. The number of pyridine rings is 1. The van der Waals surface area contributed by atoms with Gasteiger partial charge in [0.15, 0.2) is 0 Å². The van der Waals surface area contributed by atoms with Gasteiger partial charge < -0.3 is 5.73 Å². The highest BCUT2D eigenvalue weighted by Crippen LogP contribution is 2.42. The molecule has 0 saturated carbocycles. The van der Waals surface area contributed by atoms with Crippen molar-refractivity contribution in [3.05, 3.63) is 200 Å². The van der Waals surface area contributed by atoms with Gasteiger partial charge in [0.1, 0.15) is 0 Å². The Bertz CT molecular complexity index is 2780. The van der Waals surface area contributed by atoms with E-state index in [1.54, 1.807) is 6.08 Å². The largest absolute Gasteiger partial charge is 0.398 e. The molecule has 8 aromatic carbocycles. The van der Waals surface area contributed by atoms with Gasteiger partial charge in [-0.3, -0.25) is 0 Å². The zero-order chi connectivity index (χ0) is 36.1. The second kappa shape index (κ2) is 14.8. The monoisotopic (exact) mass is 680 g/mol. The molecular formula is C51H40N2. The number of nitrogens with zero attached hydrogens (tertiary/aromatic N) is 1. The lowest BCUT2D eigenvalue weighted by atomic mass is 9.89. The Labute approximate surface area is 311 Å². The standard InChI is InChI=1S/C48H34N2.C3H6/c49-47-40(21-11-12-32-22-23-33-13-7-9-19-37(33)28-32)42(35-15-3-1-4-16-35)31-45-44(47)30-43(36-17-5-2-6-18-36)41-26-27-46(50-48(41)45)39-25-24-34-14-8-10-20-38(34)29-39;1-3-2/h1-11,13-31H,12,49H2;3H,1H2,2H3/b21-11-;. The third-order valence-corrected chi connectivity index (χ3v) is 9.85. The molecule has 0 bridgehead atoms. The molecule has 0 atom stereocenters. The number of anilines is 1. The van der Waals surface area contributed by atoms with Crippen LogP contribution in [0.4, 0.5) is 5.69 Å². The minimum atomic E-state index is 0.758. The topological polar surface area (TPSA) is 38.9 Å². The van der Waals surface area contributed by atoms with Gasteiger partial charge in [-0.15, -0.1) is 6.58 Å². The highest BCUT2D eigenvalue weighted by Gasteiger charge is 2.18. The summed E-state index contributed by atoms with van der Waals surface area (Å²) in [4.78, 5) is 5.43. The maximum atomic E-state index is 7.28. The van der Waals surface area contributed by atoms with Gasteiger partial charge in [0, 0.05) is 33.0 Å². The van der Waals surface area contributed by atoms with Crippen molar-refractivity contribution >= 4 is 55.0 Å². The van der Waals surface area contributed by atoms with Crippen LogP contribution in [0.3, 0.4) is 0 Å². The molecule has 0 radical (unpaired) electrons. The fourth-order valence-corrected chi connectivity index (χ4v) is 7.27. The molecule has 0 aliphatic carbocycles. The maximum Gasteiger partial charge on any atom is 0.0795 e. The summed E-state index contributed by atoms with van der Waals surface area (Å²) in [5.41, 5.74) is 17.8. The number of rotatable bonds is 6. The fraction of sp³-hybridized carbons (Fsp3) is 0.0392. The number of benzene rings is 8. The molecule has 9 rings (SSSR count). The van der Waals surface area contributed by atoms with Crippen molar-refractivity contribution < 1.29 is 0 Å². The van der Waals surface area contributed by atoms with E-state index in [4.69, 9.17) is 10.7 Å². The molecule has 2 heteroatoms. The smallest absolute Gasteiger partial charge is 0.0795 e. The fourth-order valence-electron chi connectivity index (χ4n) is 7.27. The Morgan fingerprint density at radius 1 is 0.528 bits per heavy atom. The zero-order valence-electron chi connectivity index (χ0n) is 29.8. The number of fused-ring (bicyclic) bond motifs is 5. The Kier molecular flexibility index (Phi) is 9.34. The first-order chi connectivity index (χ1) is 26.1. The zero-order valence-corrected chi connectivity index (χ0v) is 29.8. The third kappa shape index (κ3) is 6.71. The molecule has 2 nitrogen and oxygen atoms in total. The molecule has 1 heterocycles. The average Bonchev–Trinajstić information content (AvgIpc) is 3.22. The van der Waals surface area contributed by atoms with Gasteiger partial charge in [-0.05, 0) is 93.0 Å². The van der Waals surface area contributed by atoms with Gasteiger partial charge in [-0.25, -0.2) is 4.98 Å². The van der Waals surface area contributed by atoms with Crippen LogP contribution < -0.4 is 5.73 Å². The summed E-state index contributed by atoms with van der Waals surface area (Å²) in [6.07, 6.45) is 7.00. The summed E-state index contributed by atoms with van der Waals surface area (Å²) in [7, 11) is 0. The van der Waals surface area contributed by atoms with Gasteiger partial charge in [-0.2, -0.15) is 0 Å². The Morgan fingerprint density at radius 3 is 1.77 bits per heavy atom. The van der Waals surface area contributed by atoms with Crippen molar-refractivity contribution in [2.24, 2.45) is 0 Å². The molecule has 0 aliphatic heterocycles. The van der Waals surface area contributed by atoms with Crippen LogP contribution in [0.2, 0.25) is 0 Å². The number of nitrogen functional groups attached to an aromatic ring is 1. The van der Waals surface area contributed by atoms with Gasteiger partial charge in [0.05, 0.1) is 11.2 Å². The predicted molar refractivity (Wildman–Crippen MR) is 230 cm³/mol. The van der Waals surface area contributed by atoms with Crippen LogP contribution in [0.25, 0.3) is 82.8 Å². The molecule has 0 aliphatic rings. The number of aromatic nitrogens is 1. The number of hydrogen-bond acceptors (Lipinski definition) is 2. The van der Waals surface area contributed by atoms with Gasteiger partial charge in [-0.1, -0.05) is 158 Å². The lowest BCUT2D eigenvalue weighted by molar-refractivity contribution is 1.29. The quantitative estimate of drug-likeness (QED) is 0.108. The van der Waals surface area contributed by atoms with Gasteiger partial charge in [0.2, 0.25) is 0 Å². The highest BCUT2D eigenvalue weighted by molar-refractivity contribution is 6.18. The van der Waals surface area contributed by atoms with E-state index in [2.05, 4.69) is 189 Å². The van der Waals surface area contributed by atoms with Crippen molar-refractivity contribution in [2.75, 3.05) is 5.73 Å². The average molecular weight is 681 g/mol. The van der Waals surface area contributed by atoms with Crippen LogP contribution in [-0.4, -0.2) is 4.98 Å². The van der Waals surface area contributed by atoms with Crippen LogP contribution in [-0.2, 0) is 6.42 Å². The summed E-state index contributed by atoms with van der Waals surface area (Å²) in [6.45, 7) is 5.25.